The highest BCUT2D eigenvalue weighted by atomic mass is 16.2. The van der Waals surface area contributed by atoms with Crippen LogP contribution in [-0.4, -0.2) is 33.6 Å². The lowest BCUT2D eigenvalue weighted by molar-refractivity contribution is -0.119. The number of rotatable bonds is 4. The van der Waals surface area contributed by atoms with Crippen molar-refractivity contribution in [3.63, 3.8) is 0 Å². The third-order valence-electron chi connectivity index (χ3n) is 5.05. The maximum atomic E-state index is 13.0. The van der Waals surface area contributed by atoms with Crippen molar-refractivity contribution >= 4 is 17.5 Å². The number of fused-ring (bicyclic) bond motifs is 1. The number of nitrogens with one attached hydrogen (secondary N) is 1. The molecule has 1 saturated carbocycles. The monoisotopic (exact) mass is 353 g/mol. The number of carbonyl (C=O) groups is 2. The van der Waals surface area contributed by atoms with Gasteiger partial charge in [0.15, 0.2) is 0 Å². The maximum absolute atomic E-state index is 13.0. The lowest BCUT2D eigenvalue weighted by Crippen LogP contribution is -2.35. The van der Waals surface area contributed by atoms with Gasteiger partial charge < -0.3 is 10.2 Å². The zero-order valence-corrected chi connectivity index (χ0v) is 15.1. The number of benzene rings is 1. The van der Waals surface area contributed by atoms with Gasteiger partial charge in [-0.2, -0.15) is 5.10 Å². The van der Waals surface area contributed by atoms with Gasteiger partial charge in [0, 0.05) is 19.5 Å². The number of para-hydroxylation sites is 1. The van der Waals surface area contributed by atoms with Crippen LogP contribution in [0.2, 0.25) is 0 Å². The number of aryl methyl sites for hydroxylation is 2. The van der Waals surface area contributed by atoms with E-state index in [0.717, 1.165) is 43.9 Å². The van der Waals surface area contributed by atoms with E-state index in [0.29, 0.717) is 11.3 Å². The third-order valence-corrected chi connectivity index (χ3v) is 5.05. The van der Waals surface area contributed by atoms with Crippen LogP contribution in [0.25, 0.3) is 0 Å². The molecule has 7 heteroatoms. The van der Waals surface area contributed by atoms with Gasteiger partial charge in [-0.3, -0.25) is 9.59 Å². The van der Waals surface area contributed by atoms with E-state index in [9.17, 15) is 9.59 Å². The van der Waals surface area contributed by atoms with Gasteiger partial charge in [-0.05, 0) is 44.7 Å². The Morgan fingerprint density at radius 2 is 2.00 bits per heavy atom. The van der Waals surface area contributed by atoms with Crippen molar-refractivity contribution in [3.8, 4) is 0 Å². The zero-order chi connectivity index (χ0) is 18.3. The van der Waals surface area contributed by atoms with Crippen molar-refractivity contribution < 1.29 is 9.59 Å². The molecule has 0 unspecified atom stereocenters. The topological polar surface area (TPSA) is 80.1 Å². The Morgan fingerprint density at radius 1 is 1.23 bits per heavy atom. The molecule has 0 bridgehead atoms. The molecule has 1 aliphatic heterocycles. The molecule has 1 N–H and O–H groups in total. The average molecular weight is 353 g/mol. The van der Waals surface area contributed by atoms with E-state index >= 15 is 0 Å². The van der Waals surface area contributed by atoms with Crippen molar-refractivity contribution in [1.29, 1.82) is 0 Å². The molecule has 2 aliphatic rings. The summed E-state index contributed by atoms with van der Waals surface area (Å²) >= 11 is 0. The molecule has 26 heavy (non-hydrogen) atoms. The fraction of sp³-hybridized carbons (Fsp3) is 0.474. The molecule has 2 amide bonds. The number of carbonyl (C=O) groups excluding carboxylic acids is 2. The van der Waals surface area contributed by atoms with Crippen molar-refractivity contribution in [2.24, 2.45) is 5.92 Å². The molecule has 0 spiro atoms. The highest BCUT2D eigenvalue weighted by Crippen LogP contribution is 2.33. The standard InChI is InChI=1S/C19H23N5O2/c1-12-20-17-15(7-5-11-24(17)22-12)21-18(25)14-6-3-4-8-16(14)23(2)19(26)13-9-10-13/h3-4,6,8,13,15H,5,7,9-11H2,1-2H3,(H,21,25)/t15-/m0/s1. The van der Waals surface area contributed by atoms with Crippen molar-refractivity contribution in [3.05, 3.63) is 41.5 Å². The summed E-state index contributed by atoms with van der Waals surface area (Å²) in [6, 6.07) is 7.10. The lowest BCUT2D eigenvalue weighted by Gasteiger charge is -2.25. The molecule has 1 aromatic carbocycles. The van der Waals surface area contributed by atoms with Crippen LogP contribution >= 0.6 is 0 Å². The van der Waals surface area contributed by atoms with Crippen LogP contribution in [0.1, 0.15) is 53.7 Å². The van der Waals surface area contributed by atoms with Gasteiger partial charge in [-0.15, -0.1) is 0 Å². The second-order valence-electron chi connectivity index (χ2n) is 7.10. The summed E-state index contributed by atoms with van der Waals surface area (Å²) in [5.74, 6) is 1.53. The van der Waals surface area contributed by atoms with E-state index < -0.39 is 0 Å². The summed E-state index contributed by atoms with van der Waals surface area (Å²) in [4.78, 5) is 31.4. The summed E-state index contributed by atoms with van der Waals surface area (Å²) in [6.07, 6.45) is 3.66. The SMILES string of the molecule is Cc1nc2n(n1)CCC[C@@H]2NC(=O)c1ccccc1N(C)C(=O)C1CC1. The quantitative estimate of drug-likeness (QED) is 0.914. The Bertz CT molecular complexity index is 855. The van der Waals surface area contributed by atoms with Crippen molar-refractivity contribution in [2.75, 3.05) is 11.9 Å². The molecule has 7 nitrogen and oxygen atoms in total. The van der Waals surface area contributed by atoms with Gasteiger partial charge in [0.1, 0.15) is 11.6 Å². The normalized spacial score (nSPS) is 18.9. The largest absolute Gasteiger partial charge is 0.342 e. The first-order valence-corrected chi connectivity index (χ1v) is 9.13. The van der Waals surface area contributed by atoms with Crippen LogP contribution in [-0.2, 0) is 11.3 Å². The minimum atomic E-state index is -0.185. The Morgan fingerprint density at radius 3 is 2.77 bits per heavy atom. The minimum absolute atomic E-state index is 0.0817. The molecule has 1 aromatic heterocycles. The van der Waals surface area contributed by atoms with E-state index in [1.54, 1.807) is 18.0 Å². The molecule has 4 rings (SSSR count). The number of anilines is 1. The van der Waals surface area contributed by atoms with Gasteiger partial charge in [0.05, 0.1) is 17.3 Å². The Hall–Kier alpha value is -2.70. The van der Waals surface area contributed by atoms with Gasteiger partial charge in [0.25, 0.3) is 5.91 Å². The van der Waals surface area contributed by atoms with Crippen LogP contribution in [0.5, 0.6) is 0 Å². The van der Waals surface area contributed by atoms with E-state index in [4.69, 9.17) is 0 Å². The molecular formula is C19H23N5O2. The second kappa shape index (κ2) is 6.55. The highest BCUT2D eigenvalue weighted by molar-refractivity contribution is 6.05. The Balaban J connectivity index is 1.57. The van der Waals surface area contributed by atoms with Gasteiger partial charge in [-0.25, -0.2) is 9.67 Å². The highest BCUT2D eigenvalue weighted by Gasteiger charge is 2.34. The summed E-state index contributed by atoms with van der Waals surface area (Å²) in [6.45, 7) is 2.69. The molecule has 0 saturated heterocycles. The first-order chi connectivity index (χ1) is 12.5. The third kappa shape index (κ3) is 3.09. The number of amides is 2. The number of hydrogen-bond acceptors (Lipinski definition) is 4. The van der Waals surface area contributed by atoms with E-state index in [1.165, 1.54) is 0 Å². The van der Waals surface area contributed by atoms with E-state index in [-0.39, 0.29) is 23.8 Å². The second-order valence-corrected chi connectivity index (χ2v) is 7.10. The summed E-state index contributed by atoms with van der Waals surface area (Å²) in [5.41, 5.74) is 1.16. The molecular weight excluding hydrogens is 330 g/mol. The molecule has 1 fully saturated rings. The van der Waals surface area contributed by atoms with Crippen LogP contribution < -0.4 is 10.2 Å². The average Bonchev–Trinajstić information content (AvgIpc) is 3.42. The molecule has 2 aromatic rings. The Labute approximate surface area is 152 Å². The fourth-order valence-electron chi connectivity index (χ4n) is 3.52. The van der Waals surface area contributed by atoms with Crippen molar-refractivity contribution in [2.45, 2.75) is 45.2 Å². The predicted molar refractivity (Wildman–Crippen MR) is 96.8 cm³/mol. The summed E-state index contributed by atoms with van der Waals surface area (Å²) in [7, 11) is 1.74. The van der Waals surface area contributed by atoms with Crippen LogP contribution in [0, 0.1) is 12.8 Å². The fourth-order valence-corrected chi connectivity index (χ4v) is 3.52. The van der Waals surface area contributed by atoms with Crippen LogP contribution in [0.3, 0.4) is 0 Å². The molecule has 0 radical (unpaired) electrons. The van der Waals surface area contributed by atoms with E-state index in [2.05, 4.69) is 15.4 Å². The maximum Gasteiger partial charge on any atom is 0.253 e. The van der Waals surface area contributed by atoms with Gasteiger partial charge in [-0.1, -0.05) is 12.1 Å². The predicted octanol–water partition coefficient (Wildman–Crippen LogP) is 2.22. The van der Waals surface area contributed by atoms with Gasteiger partial charge in [0.2, 0.25) is 5.91 Å². The van der Waals surface area contributed by atoms with Crippen LogP contribution in [0.4, 0.5) is 5.69 Å². The first-order valence-electron chi connectivity index (χ1n) is 9.13. The first kappa shape index (κ1) is 16.8. The lowest BCUT2D eigenvalue weighted by atomic mass is 10.1. The molecule has 1 atom stereocenters. The number of nitrogens with zero attached hydrogens (tertiary/aromatic N) is 4. The minimum Gasteiger partial charge on any atom is -0.342 e. The summed E-state index contributed by atoms with van der Waals surface area (Å²) < 4.78 is 1.87. The summed E-state index contributed by atoms with van der Waals surface area (Å²) in [5, 5.41) is 7.46. The Kier molecular flexibility index (Phi) is 4.22. The molecule has 136 valence electrons. The molecule has 1 aliphatic carbocycles. The van der Waals surface area contributed by atoms with Gasteiger partial charge >= 0.3 is 0 Å². The number of aromatic nitrogens is 3. The molecule has 2 heterocycles. The van der Waals surface area contributed by atoms with Crippen molar-refractivity contribution in [1.82, 2.24) is 20.1 Å². The smallest absolute Gasteiger partial charge is 0.253 e. The van der Waals surface area contributed by atoms with E-state index in [1.807, 2.05) is 29.8 Å². The van der Waals surface area contributed by atoms with Crippen LogP contribution in [0.15, 0.2) is 24.3 Å². The zero-order valence-electron chi connectivity index (χ0n) is 15.1. The number of hydrogen-bond donors (Lipinski definition) is 1.